The molecule has 0 aliphatic carbocycles. The van der Waals surface area contributed by atoms with Gasteiger partial charge in [0.05, 0.1) is 22.8 Å². The van der Waals surface area contributed by atoms with E-state index in [9.17, 15) is 13.2 Å². The SMILES string of the molecule is Cc1ccc(-n2nc(C)c(NC(=O)C3CCN(S(=O)(=O)c4cccnc4)CC3)c2C)cc1. The molecule has 0 unspecified atom stereocenters. The highest BCUT2D eigenvalue weighted by atomic mass is 32.2. The molecule has 0 bridgehead atoms. The van der Waals surface area contributed by atoms with Crippen LogP contribution in [0.1, 0.15) is 29.8 Å². The molecular formula is C23H27N5O3S. The lowest BCUT2D eigenvalue weighted by Crippen LogP contribution is -2.41. The van der Waals surface area contributed by atoms with Crippen LogP contribution in [-0.2, 0) is 14.8 Å². The summed E-state index contributed by atoms with van der Waals surface area (Å²) in [7, 11) is -3.59. The Balaban J connectivity index is 1.43. The molecule has 1 aromatic carbocycles. The van der Waals surface area contributed by atoms with Crippen LogP contribution in [0, 0.1) is 26.7 Å². The van der Waals surface area contributed by atoms with Gasteiger partial charge in [0.25, 0.3) is 0 Å². The quantitative estimate of drug-likeness (QED) is 0.640. The lowest BCUT2D eigenvalue weighted by molar-refractivity contribution is -0.120. The number of hydrogen-bond acceptors (Lipinski definition) is 5. The van der Waals surface area contributed by atoms with Crippen LogP contribution in [0.4, 0.5) is 5.69 Å². The predicted molar refractivity (Wildman–Crippen MR) is 122 cm³/mol. The summed E-state index contributed by atoms with van der Waals surface area (Å²) in [6.07, 6.45) is 3.83. The van der Waals surface area contributed by atoms with E-state index in [1.807, 2.05) is 49.7 Å². The molecule has 8 nitrogen and oxygen atoms in total. The van der Waals surface area contributed by atoms with E-state index in [1.165, 1.54) is 16.1 Å². The van der Waals surface area contributed by atoms with Crippen molar-refractivity contribution in [1.29, 1.82) is 0 Å². The molecular weight excluding hydrogens is 426 g/mol. The van der Waals surface area contributed by atoms with Crippen LogP contribution in [0.15, 0.2) is 53.7 Å². The molecule has 3 aromatic rings. The number of aromatic nitrogens is 3. The number of anilines is 1. The zero-order valence-corrected chi connectivity index (χ0v) is 19.3. The Hall–Kier alpha value is -3.04. The van der Waals surface area contributed by atoms with Gasteiger partial charge in [0.1, 0.15) is 4.90 Å². The van der Waals surface area contributed by atoms with Crippen molar-refractivity contribution >= 4 is 21.6 Å². The number of aryl methyl sites for hydroxylation is 2. The van der Waals surface area contributed by atoms with Gasteiger partial charge in [0.15, 0.2) is 0 Å². The van der Waals surface area contributed by atoms with E-state index in [0.717, 1.165) is 17.1 Å². The number of benzene rings is 1. The first kappa shape index (κ1) is 22.2. The van der Waals surface area contributed by atoms with Crippen LogP contribution in [0.2, 0.25) is 0 Å². The highest BCUT2D eigenvalue weighted by Gasteiger charge is 2.32. The molecule has 168 valence electrons. The highest BCUT2D eigenvalue weighted by Crippen LogP contribution is 2.27. The molecule has 2 aromatic heterocycles. The van der Waals surface area contributed by atoms with Crippen molar-refractivity contribution in [2.24, 2.45) is 5.92 Å². The molecule has 32 heavy (non-hydrogen) atoms. The largest absolute Gasteiger partial charge is 0.323 e. The molecule has 3 heterocycles. The second kappa shape index (κ2) is 8.84. The molecule has 1 fully saturated rings. The van der Waals surface area contributed by atoms with Crippen molar-refractivity contribution in [2.45, 2.75) is 38.5 Å². The lowest BCUT2D eigenvalue weighted by atomic mass is 9.97. The topological polar surface area (TPSA) is 97.2 Å². The van der Waals surface area contributed by atoms with Crippen molar-refractivity contribution in [3.63, 3.8) is 0 Å². The van der Waals surface area contributed by atoms with Crippen molar-refractivity contribution in [1.82, 2.24) is 19.1 Å². The first-order chi connectivity index (χ1) is 15.3. The molecule has 1 amide bonds. The molecule has 0 saturated carbocycles. The van der Waals surface area contributed by atoms with Gasteiger partial charge in [-0.3, -0.25) is 9.78 Å². The minimum atomic E-state index is -3.59. The van der Waals surface area contributed by atoms with Gasteiger partial charge < -0.3 is 5.32 Å². The molecule has 1 N–H and O–H groups in total. The number of carbonyl (C=O) groups is 1. The molecule has 0 radical (unpaired) electrons. The van der Waals surface area contributed by atoms with Crippen molar-refractivity contribution in [3.8, 4) is 5.69 Å². The van der Waals surface area contributed by atoms with E-state index in [1.54, 1.807) is 18.3 Å². The van der Waals surface area contributed by atoms with E-state index in [4.69, 9.17) is 0 Å². The summed E-state index contributed by atoms with van der Waals surface area (Å²) < 4.78 is 28.8. The van der Waals surface area contributed by atoms with E-state index in [0.29, 0.717) is 31.6 Å². The standard InChI is InChI=1S/C23H27N5O3S/c1-16-6-8-20(9-7-16)28-18(3)22(17(2)26-28)25-23(29)19-10-13-27(14-11-19)32(30,31)21-5-4-12-24-15-21/h4-9,12,15,19H,10-11,13-14H2,1-3H3,(H,25,29). The Morgan fingerprint density at radius 3 is 2.38 bits per heavy atom. The molecule has 0 atom stereocenters. The Morgan fingerprint density at radius 2 is 1.75 bits per heavy atom. The van der Waals surface area contributed by atoms with Crippen molar-refractivity contribution in [2.75, 3.05) is 18.4 Å². The third-order valence-electron chi connectivity index (χ3n) is 5.91. The fraction of sp³-hybridized carbons (Fsp3) is 0.348. The van der Waals surface area contributed by atoms with E-state index in [-0.39, 0.29) is 16.7 Å². The van der Waals surface area contributed by atoms with Gasteiger partial charge in [0.2, 0.25) is 15.9 Å². The minimum absolute atomic E-state index is 0.0990. The maximum atomic E-state index is 13.0. The number of hydrogen-bond donors (Lipinski definition) is 1. The predicted octanol–water partition coefficient (Wildman–Crippen LogP) is 3.23. The van der Waals surface area contributed by atoms with Crippen molar-refractivity contribution in [3.05, 3.63) is 65.7 Å². The molecule has 4 rings (SSSR count). The summed E-state index contributed by atoms with van der Waals surface area (Å²) >= 11 is 0. The molecule has 1 aliphatic heterocycles. The zero-order chi connectivity index (χ0) is 22.9. The van der Waals surface area contributed by atoms with E-state index >= 15 is 0 Å². The molecule has 1 aliphatic rings. The summed E-state index contributed by atoms with van der Waals surface area (Å²) in [5.41, 5.74) is 4.41. The maximum absolute atomic E-state index is 13.0. The average Bonchev–Trinajstić information content (AvgIpc) is 3.08. The Morgan fingerprint density at radius 1 is 1.06 bits per heavy atom. The highest BCUT2D eigenvalue weighted by molar-refractivity contribution is 7.89. The second-order valence-electron chi connectivity index (χ2n) is 8.15. The average molecular weight is 454 g/mol. The Kier molecular flexibility index (Phi) is 6.12. The van der Waals surface area contributed by atoms with Gasteiger partial charge >= 0.3 is 0 Å². The van der Waals surface area contributed by atoms with Gasteiger partial charge in [-0.25, -0.2) is 13.1 Å². The Bertz CT molecular complexity index is 1210. The fourth-order valence-electron chi connectivity index (χ4n) is 3.99. The number of rotatable bonds is 5. The lowest BCUT2D eigenvalue weighted by Gasteiger charge is -2.30. The van der Waals surface area contributed by atoms with Crippen LogP contribution in [0.3, 0.4) is 0 Å². The van der Waals surface area contributed by atoms with Gasteiger partial charge in [-0.15, -0.1) is 0 Å². The first-order valence-corrected chi connectivity index (χ1v) is 12.1. The van der Waals surface area contributed by atoms with E-state index in [2.05, 4.69) is 15.4 Å². The van der Waals surface area contributed by atoms with Crippen LogP contribution < -0.4 is 5.32 Å². The summed E-state index contributed by atoms with van der Waals surface area (Å²) in [5, 5.41) is 7.63. The number of pyridine rings is 1. The van der Waals surface area contributed by atoms with Crippen LogP contribution >= 0.6 is 0 Å². The third-order valence-corrected chi connectivity index (χ3v) is 7.80. The summed E-state index contributed by atoms with van der Waals surface area (Å²) in [5.74, 6) is -0.352. The van der Waals surface area contributed by atoms with Gasteiger partial charge in [-0.2, -0.15) is 9.40 Å². The number of nitrogens with one attached hydrogen (secondary N) is 1. The number of piperidine rings is 1. The number of amides is 1. The van der Waals surface area contributed by atoms with Gasteiger partial charge in [-0.05, 0) is 57.9 Å². The van der Waals surface area contributed by atoms with Crippen LogP contribution in [-0.4, -0.2) is 46.5 Å². The number of sulfonamides is 1. The zero-order valence-electron chi connectivity index (χ0n) is 18.4. The number of carbonyl (C=O) groups excluding carboxylic acids is 1. The fourth-order valence-corrected chi connectivity index (χ4v) is 5.43. The van der Waals surface area contributed by atoms with Gasteiger partial charge in [-0.1, -0.05) is 17.7 Å². The third kappa shape index (κ3) is 4.31. The Labute approximate surface area is 188 Å². The smallest absolute Gasteiger partial charge is 0.244 e. The molecule has 0 spiro atoms. The molecule has 1 saturated heterocycles. The normalized spacial score (nSPS) is 15.6. The maximum Gasteiger partial charge on any atom is 0.244 e. The summed E-state index contributed by atoms with van der Waals surface area (Å²) in [6.45, 7) is 6.44. The van der Waals surface area contributed by atoms with Gasteiger partial charge in [0, 0.05) is 31.4 Å². The van der Waals surface area contributed by atoms with E-state index < -0.39 is 10.0 Å². The summed E-state index contributed by atoms with van der Waals surface area (Å²) in [4.78, 5) is 17.0. The monoisotopic (exact) mass is 453 g/mol. The first-order valence-electron chi connectivity index (χ1n) is 10.6. The molecule has 9 heteroatoms. The summed E-state index contributed by atoms with van der Waals surface area (Å²) in [6, 6.07) is 11.2. The number of nitrogens with zero attached hydrogens (tertiary/aromatic N) is 4. The van der Waals surface area contributed by atoms with Crippen LogP contribution in [0.25, 0.3) is 5.69 Å². The minimum Gasteiger partial charge on any atom is -0.323 e. The van der Waals surface area contributed by atoms with Crippen LogP contribution in [0.5, 0.6) is 0 Å². The van der Waals surface area contributed by atoms with Crippen molar-refractivity contribution < 1.29 is 13.2 Å². The second-order valence-corrected chi connectivity index (χ2v) is 10.1.